The molecule has 1 atom stereocenters. The van der Waals surface area contributed by atoms with Crippen molar-refractivity contribution in [3.05, 3.63) is 47.2 Å². The summed E-state index contributed by atoms with van der Waals surface area (Å²) in [6.45, 7) is 7.36. The number of fused-ring (bicyclic) bond motifs is 1. The van der Waals surface area contributed by atoms with Gasteiger partial charge in [0.15, 0.2) is 0 Å². The highest BCUT2D eigenvalue weighted by Crippen LogP contribution is 2.29. The molecule has 2 aliphatic rings. The number of nitrogens with zero attached hydrogens (tertiary/aromatic N) is 1. The van der Waals surface area contributed by atoms with Gasteiger partial charge in [-0.15, -0.1) is 0 Å². The van der Waals surface area contributed by atoms with Gasteiger partial charge in [0.25, 0.3) is 5.91 Å². The topological polar surface area (TPSA) is 41.6 Å². The second kappa shape index (κ2) is 4.70. The number of aryl methyl sites for hydroxylation is 1. The summed E-state index contributed by atoms with van der Waals surface area (Å²) in [5, 5.41) is 0. The molecule has 3 rings (SSSR count). The van der Waals surface area contributed by atoms with Crippen LogP contribution in [0.3, 0.4) is 0 Å². The molecule has 1 N–H and O–H groups in total. The van der Waals surface area contributed by atoms with Crippen LogP contribution in [0.15, 0.2) is 30.5 Å². The van der Waals surface area contributed by atoms with E-state index in [1.54, 1.807) is 0 Å². The molecule has 2 aliphatic heterocycles. The van der Waals surface area contributed by atoms with Crippen molar-refractivity contribution in [2.24, 2.45) is 0 Å². The Morgan fingerprint density at radius 2 is 2.32 bits per heavy atom. The maximum atomic E-state index is 12.5. The van der Waals surface area contributed by atoms with Gasteiger partial charge in [0.1, 0.15) is 0 Å². The fraction of sp³-hybridized carbons (Fsp3) is 0.400. The first-order chi connectivity index (χ1) is 9.16. The minimum Gasteiger partial charge on any atom is -0.326 e. The Kier molecular flexibility index (Phi) is 3.03. The second-order valence-corrected chi connectivity index (χ2v) is 5.23. The van der Waals surface area contributed by atoms with Crippen LogP contribution in [-0.4, -0.2) is 23.5 Å². The zero-order valence-electron chi connectivity index (χ0n) is 11.1. The molecule has 0 bridgehead atoms. The maximum Gasteiger partial charge on any atom is 0.255 e. The van der Waals surface area contributed by atoms with Crippen LogP contribution in [0.2, 0.25) is 0 Å². The van der Waals surface area contributed by atoms with Gasteiger partial charge >= 0.3 is 0 Å². The zero-order chi connectivity index (χ0) is 13.4. The molecular weight excluding hydrogens is 240 g/mol. The van der Waals surface area contributed by atoms with Gasteiger partial charge in [-0.3, -0.25) is 15.1 Å². The van der Waals surface area contributed by atoms with Gasteiger partial charge in [-0.25, -0.2) is 0 Å². The first kappa shape index (κ1) is 12.2. The van der Waals surface area contributed by atoms with Crippen LogP contribution in [0.5, 0.6) is 0 Å². The van der Waals surface area contributed by atoms with Crippen LogP contribution in [0.25, 0.3) is 0 Å². The lowest BCUT2D eigenvalue weighted by Crippen LogP contribution is -2.39. The molecule has 2 heterocycles. The van der Waals surface area contributed by atoms with Crippen molar-refractivity contribution < 1.29 is 9.63 Å². The van der Waals surface area contributed by atoms with Gasteiger partial charge in [-0.1, -0.05) is 24.3 Å². The molecule has 1 aromatic carbocycles. The maximum absolute atomic E-state index is 12.5. The van der Waals surface area contributed by atoms with Crippen LogP contribution in [0.4, 0.5) is 0 Å². The molecule has 1 fully saturated rings. The average molecular weight is 258 g/mol. The Labute approximate surface area is 113 Å². The quantitative estimate of drug-likeness (QED) is 0.839. The van der Waals surface area contributed by atoms with Crippen LogP contribution < -0.4 is 5.48 Å². The number of hydrogen-bond acceptors (Lipinski definition) is 3. The fourth-order valence-electron chi connectivity index (χ4n) is 2.80. The summed E-state index contributed by atoms with van der Waals surface area (Å²) in [6.07, 6.45) is 1.82. The molecule has 1 saturated heterocycles. The number of rotatable bonds is 1. The standard InChI is InChI=1S/C15H18N2O2/c1-10-5-6-13-12(8-10)9-17(15(13)18)14-4-3-7-19-16-11(14)2/h5-6,8,14,16H,2-4,7,9H2,1H3. The Bertz CT molecular complexity index is 539. The van der Waals surface area contributed by atoms with Crippen LogP contribution in [-0.2, 0) is 11.4 Å². The molecule has 0 aliphatic carbocycles. The summed E-state index contributed by atoms with van der Waals surface area (Å²) >= 11 is 0. The van der Waals surface area contributed by atoms with Crippen LogP contribution in [0, 0.1) is 6.92 Å². The van der Waals surface area contributed by atoms with Gasteiger partial charge in [0, 0.05) is 12.1 Å². The van der Waals surface area contributed by atoms with Crippen molar-refractivity contribution in [3.63, 3.8) is 0 Å². The predicted molar refractivity (Wildman–Crippen MR) is 72.3 cm³/mol. The van der Waals surface area contributed by atoms with Crippen molar-refractivity contribution in [3.8, 4) is 0 Å². The van der Waals surface area contributed by atoms with Gasteiger partial charge < -0.3 is 4.90 Å². The van der Waals surface area contributed by atoms with Crippen LogP contribution in [0.1, 0.15) is 34.3 Å². The van der Waals surface area contributed by atoms with E-state index in [2.05, 4.69) is 18.1 Å². The Hall–Kier alpha value is -1.81. The van der Waals surface area contributed by atoms with Gasteiger partial charge in [0.05, 0.1) is 18.3 Å². The molecule has 19 heavy (non-hydrogen) atoms. The Balaban J connectivity index is 1.88. The van der Waals surface area contributed by atoms with Crippen molar-refractivity contribution in [1.29, 1.82) is 0 Å². The average Bonchev–Trinajstić information content (AvgIpc) is 2.57. The lowest BCUT2D eigenvalue weighted by atomic mass is 10.1. The van der Waals surface area contributed by atoms with Crippen LogP contribution >= 0.6 is 0 Å². The predicted octanol–water partition coefficient (Wildman–Crippen LogP) is 2.15. The molecule has 1 unspecified atom stereocenters. The zero-order valence-corrected chi connectivity index (χ0v) is 11.1. The normalized spacial score (nSPS) is 23.0. The molecule has 4 heteroatoms. The van der Waals surface area contributed by atoms with Crippen molar-refractivity contribution in [2.45, 2.75) is 32.4 Å². The number of amides is 1. The minimum absolute atomic E-state index is 0.0164. The van der Waals surface area contributed by atoms with Crippen molar-refractivity contribution >= 4 is 5.91 Å². The third-order valence-corrected chi connectivity index (χ3v) is 3.80. The molecule has 0 saturated carbocycles. The van der Waals surface area contributed by atoms with E-state index in [9.17, 15) is 4.79 Å². The lowest BCUT2D eigenvalue weighted by Gasteiger charge is -2.27. The molecule has 1 amide bonds. The number of hydrogen-bond donors (Lipinski definition) is 1. The SMILES string of the molecule is C=C1NOCCCC1N1Cc2cc(C)ccc2C1=O. The molecule has 0 spiro atoms. The highest BCUT2D eigenvalue weighted by Gasteiger charge is 2.34. The van der Waals surface area contributed by atoms with Crippen molar-refractivity contribution in [2.75, 3.05) is 6.61 Å². The molecule has 0 aromatic heterocycles. The van der Waals surface area contributed by atoms with E-state index in [0.717, 1.165) is 29.7 Å². The first-order valence-corrected chi connectivity index (χ1v) is 6.64. The van der Waals surface area contributed by atoms with Crippen molar-refractivity contribution in [1.82, 2.24) is 10.4 Å². The molecular formula is C15H18N2O2. The first-order valence-electron chi connectivity index (χ1n) is 6.64. The Morgan fingerprint density at radius 3 is 3.16 bits per heavy atom. The summed E-state index contributed by atoms with van der Waals surface area (Å²) in [5.41, 5.74) is 6.74. The van der Waals surface area contributed by atoms with E-state index < -0.39 is 0 Å². The second-order valence-electron chi connectivity index (χ2n) is 5.23. The molecule has 4 nitrogen and oxygen atoms in total. The summed E-state index contributed by atoms with van der Waals surface area (Å²) in [6, 6.07) is 6.03. The fourth-order valence-corrected chi connectivity index (χ4v) is 2.80. The molecule has 1 aromatic rings. The number of benzene rings is 1. The number of carbonyl (C=O) groups is 1. The van der Waals surface area contributed by atoms with E-state index in [1.165, 1.54) is 5.56 Å². The van der Waals surface area contributed by atoms with E-state index in [-0.39, 0.29) is 11.9 Å². The van der Waals surface area contributed by atoms with E-state index in [1.807, 2.05) is 24.0 Å². The van der Waals surface area contributed by atoms with E-state index in [4.69, 9.17) is 4.84 Å². The van der Waals surface area contributed by atoms with Gasteiger partial charge in [-0.05, 0) is 31.4 Å². The lowest BCUT2D eigenvalue weighted by molar-refractivity contribution is 0.0619. The minimum atomic E-state index is 0.0164. The Morgan fingerprint density at radius 1 is 1.47 bits per heavy atom. The number of nitrogens with one attached hydrogen (secondary N) is 1. The summed E-state index contributed by atoms with van der Waals surface area (Å²) in [4.78, 5) is 19.6. The van der Waals surface area contributed by atoms with E-state index in [0.29, 0.717) is 13.2 Å². The summed E-state index contributed by atoms with van der Waals surface area (Å²) < 4.78 is 0. The monoisotopic (exact) mass is 258 g/mol. The van der Waals surface area contributed by atoms with E-state index >= 15 is 0 Å². The number of carbonyl (C=O) groups excluding carboxylic acids is 1. The summed E-state index contributed by atoms with van der Waals surface area (Å²) in [5.74, 6) is 0.102. The smallest absolute Gasteiger partial charge is 0.255 e. The largest absolute Gasteiger partial charge is 0.326 e. The molecule has 0 radical (unpaired) electrons. The highest BCUT2D eigenvalue weighted by atomic mass is 16.6. The molecule has 100 valence electrons. The number of hydroxylamine groups is 1. The van der Waals surface area contributed by atoms with Gasteiger partial charge in [-0.2, -0.15) is 0 Å². The highest BCUT2D eigenvalue weighted by molar-refractivity contribution is 5.98. The van der Waals surface area contributed by atoms with Gasteiger partial charge in [0.2, 0.25) is 0 Å². The third kappa shape index (κ3) is 2.12. The third-order valence-electron chi connectivity index (χ3n) is 3.80. The summed E-state index contributed by atoms with van der Waals surface area (Å²) in [7, 11) is 0.